The molecule has 4 N–H and O–H groups in total. The van der Waals surface area contributed by atoms with E-state index in [1.165, 1.54) is 0 Å². The third kappa shape index (κ3) is 6.18. The maximum atomic E-state index is 5.28. The van der Waals surface area contributed by atoms with E-state index in [4.69, 9.17) is 24.4 Å². The van der Waals surface area contributed by atoms with Crippen LogP contribution < -0.4 is 21.3 Å². The fraction of sp³-hybridized carbons (Fsp3) is 0.182. The van der Waals surface area contributed by atoms with E-state index in [1.807, 2.05) is 12.1 Å². The second-order valence-electron chi connectivity index (χ2n) is 6.31. The fourth-order valence-electron chi connectivity index (χ4n) is 2.63. The molecule has 2 aromatic rings. The van der Waals surface area contributed by atoms with Crippen LogP contribution in [0.3, 0.4) is 0 Å². The topological polar surface area (TPSA) is 48.1 Å². The van der Waals surface area contributed by atoms with Gasteiger partial charge >= 0.3 is 0 Å². The minimum atomic E-state index is 0.586. The number of thiocarbonyl (C=S) groups is 2. The molecule has 0 heterocycles. The van der Waals surface area contributed by atoms with Crippen molar-refractivity contribution in [3.63, 3.8) is 0 Å². The molecular formula is C22H26N4S2. The predicted molar refractivity (Wildman–Crippen MR) is 130 cm³/mol. The molecule has 2 aromatic carbocycles. The Hall–Kier alpha value is -2.70. The van der Waals surface area contributed by atoms with Crippen molar-refractivity contribution >= 4 is 46.0 Å². The highest BCUT2D eigenvalue weighted by Crippen LogP contribution is 2.28. The highest BCUT2D eigenvalue weighted by Gasteiger charge is 2.07. The van der Waals surface area contributed by atoms with Crippen LogP contribution in [0.2, 0.25) is 0 Å². The van der Waals surface area contributed by atoms with E-state index < -0.39 is 0 Å². The highest BCUT2D eigenvalue weighted by molar-refractivity contribution is 7.80. The van der Waals surface area contributed by atoms with Crippen molar-refractivity contribution in [1.82, 2.24) is 10.6 Å². The van der Waals surface area contributed by atoms with Gasteiger partial charge in [-0.2, -0.15) is 0 Å². The molecule has 28 heavy (non-hydrogen) atoms. The number of benzene rings is 2. The largest absolute Gasteiger partial charge is 0.359 e. The molecule has 0 saturated carbocycles. The van der Waals surface area contributed by atoms with E-state index in [9.17, 15) is 0 Å². The summed E-state index contributed by atoms with van der Waals surface area (Å²) in [6.07, 6.45) is 3.54. The van der Waals surface area contributed by atoms with Gasteiger partial charge in [-0.3, -0.25) is 0 Å². The monoisotopic (exact) mass is 410 g/mol. The molecule has 0 atom stereocenters. The van der Waals surface area contributed by atoms with Gasteiger partial charge in [0.05, 0.1) is 0 Å². The van der Waals surface area contributed by atoms with Crippen LogP contribution in [0, 0.1) is 13.8 Å². The minimum Gasteiger partial charge on any atom is -0.359 e. The Kier molecular flexibility index (Phi) is 8.17. The summed E-state index contributed by atoms with van der Waals surface area (Å²) in [5.74, 6) is 0. The van der Waals surface area contributed by atoms with Crippen molar-refractivity contribution in [1.29, 1.82) is 0 Å². The van der Waals surface area contributed by atoms with Crippen molar-refractivity contribution < 1.29 is 0 Å². The van der Waals surface area contributed by atoms with Crippen LogP contribution in [-0.2, 0) is 0 Å². The number of hydrogen-bond donors (Lipinski definition) is 4. The molecule has 0 fully saturated rings. The van der Waals surface area contributed by atoms with Crippen LogP contribution in [0.5, 0.6) is 0 Å². The first-order valence-corrected chi connectivity index (χ1v) is 9.79. The van der Waals surface area contributed by atoms with Gasteiger partial charge in [0.2, 0.25) is 0 Å². The van der Waals surface area contributed by atoms with Crippen molar-refractivity contribution in [2.75, 3.05) is 23.7 Å². The molecule has 2 rings (SSSR count). The molecule has 4 nitrogen and oxygen atoms in total. The van der Waals surface area contributed by atoms with Crippen LogP contribution in [0.4, 0.5) is 11.4 Å². The Morgan fingerprint density at radius 2 is 1.18 bits per heavy atom. The van der Waals surface area contributed by atoms with Crippen molar-refractivity contribution in [3.05, 3.63) is 72.8 Å². The molecule has 0 aromatic heterocycles. The van der Waals surface area contributed by atoms with E-state index in [0.717, 1.165) is 33.6 Å². The summed E-state index contributed by atoms with van der Waals surface area (Å²) in [6.45, 7) is 12.7. The van der Waals surface area contributed by atoms with Crippen LogP contribution in [0.25, 0.3) is 11.1 Å². The van der Waals surface area contributed by atoms with Gasteiger partial charge in [-0.05, 0) is 84.8 Å². The number of aryl methyl sites for hydroxylation is 2. The Labute approximate surface area is 178 Å². The minimum absolute atomic E-state index is 0.586. The van der Waals surface area contributed by atoms with Gasteiger partial charge in [-0.15, -0.1) is 13.2 Å². The maximum absolute atomic E-state index is 5.28. The SMILES string of the molecule is C=CCNC(=S)Nc1ccc(-c2ccc(NC(=S)NCC=C)c(C)c2)cc1C. The molecule has 6 heteroatoms. The standard InChI is InChI=1S/C22H26N4S2/c1-5-11-23-21(27)25-19-9-7-17(13-15(19)3)18-8-10-20(16(4)14-18)26-22(28)24-12-6-2/h5-10,13-14H,1-2,11-12H2,3-4H3,(H2,23,25,27)(H2,24,26,28). The van der Waals surface area contributed by atoms with Gasteiger partial charge in [-0.25, -0.2) is 0 Å². The van der Waals surface area contributed by atoms with Crippen molar-refractivity contribution in [3.8, 4) is 11.1 Å². The first-order valence-electron chi connectivity index (χ1n) is 8.97. The van der Waals surface area contributed by atoms with Crippen molar-refractivity contribution in [2.45, 2.75) is 13.8 Å². The normalized spacial score (nSPS) is 9.93. The van der Waals surface area contributed by atoms with Crippen LogP contribution >= 0.6 is 24.4 Å². The van der Waals surface area contributed by atoms with E-state index >= 15 is 0 Å². The molecule has 0 radical (unpaired) electrons. The lowest BCUT2D eigenvalue weighted by atomic mass is 10.00. The molecule has 0 amide bonds. The molecule has 0 aliphatic heterocycles. The summed E-state index contributed by atoms with van der Waals surface area (Å²) >= 11 is 10.6. The maximum Gasteiger partial charge on any atom is 0.171 e. The van der Waals surface area contributed by atoms with Gasteiger partial charge < -0.3 is 21.3 Å². The molecule has 0 saturated heterocycles. The summed E-state index contributed by atoms with van der Waals surface area (Å²) in [7, 11) is 0. The Balaban J connectivity index is 2.12. The summed E-state index contributed by atoms with van der Waals surface area (Å²) < 4.78 is 0. The number of nitrogens with one attached hydrogen (secondary N) is 4. The number of rotatable bonds is 7. The quantitative estimate of drug-likeness (QED) is 0.384. The zero-order chi connectivity index (χ0) is 20.5. The average Bonchev–Trinajstić information content (AvgIpc) is 2.67. The number of hydrogen-bond acceptors (Lipinski definition) is 2. The Morgan fingerprint density at radius 3 is 1.50 bits per heavy atom. The Bertz CT molecular complexity index is 817. The van der Waals surface area contributed by atoms with Crippen LogP contribution in [0.1, 0.15) is 11.1 Å². The lowest BCUT2D eigenvalue weighted by Crippen LogP contribution is -2.28. The first kappa shape index (κ1) is 21.6. The summed E-state index contributed by atoms with van der Waals surface area (Å²) in [5, 5.41) is 13.7. The summed E-state index contributed by atoms with van der Waals surface area (Å²) in [6, 6.07) is 12.6. The average molecular weight is 411 g/mol. The lowest BCUT2D eigenvalue weighted by Gasteiger charge is -2.15. The third-order valence-electron chi connectivity index (χ3n) is 4.10. The molecule has 0 spiro atoms. The van der Waals surface area contributed by atoms with Gasteiger partial charge in [0.1, 0.15) is 0 Å². The molecule has 146 valence electrons. The van der Waals surface area contributed by atoms with Gasteiger partial charge in [0.25, 0.3) is 0 Å². The third-order valence-corrected chi connectivity index (χ3v) is 4.59. The molecule has 0 aliphatic rings. The summed E-state index contributed by atoms with van der Waals surface area (Å²) in [5.41, 5.74) is 6.51. The van der Waals surface area contributed by atoms with Crippen molar-refractivity contribution in [2.24, 2.45) is 0 Å². The fourth-order valence-corrected chi connectivity index (χ4v) is 3.02. The van der Waals surface area contributed by atoms with Gasteiger partial charge in [0, 0.05) is 24.5 Å². The van der Waals surface area contributed by atoms with E-state index in [1.54, 1.807) is 12.2 Å². The number of anilines is 2. The van der Waals surface area contributed by atoms with E-state index in [-0.39, 0.29) is 0 Å². The lowest BCUT2D eigenvalue weighted by molar-refractivity contribution is 1.06. The van der Waals surface area contributed by atoms with E-state index in [2.05, 4.69) is 72.5 Å². The molecule has 0 aliphatic carbocycles. The molecular weight excluding hydrogens is 384 g/mol. The highest BCUT2D eigenvalue weighted by atomic mass is 32.1. The van der Waals surface area contributed by atoms with Gasteiger partial charge in [-0.1, -0.05) is 24.3 Å². The van der Waals surface area contributed by atoms with Gasteiger partial charge in [0.15, 0.2) is 10.2 Å². The van der Waals surface area contributed by atoms with Crippen LogP contribution in [0.15, 0.2) is 61.7 Å². The smallest absolute Gasteiger partial charge is 0.171 e. The van der Waals surface area contributed by atoms with E-state index in [0.29, 0.717) is 23.3 Å². The van der Waals surface area contributed by atoms with Crippen LogP contribution in [-0.4, -0.2) is 23.3 Å². The molecule has 0 bridgehead atoms. The summed E-state index contributed by atoms with van der Waals surface area (Å²) in [4.78, 5) is 0. The predicted octanol–water partition coefficient (Wildman–Crippen LogP) is 4.92. The second kappa shape index (κ2) is 10.6. The zero-order valence-electron chi connectivity index (χ0n) is 16.3. The zero-order valence-corrected chi connectivity index (χ0v) is 17.9. The molecule has 0 unspecified atom stereocenters. The second-order valence-corrected chi connectivity index (χ2v) is 7.12. The Morgan fingerprint density at radius 1 is 0.786 bits per heavy atom. The first-order chi connectivity index (χ1) is 13.4.